The van der Waals surface area contributed by atoms with Crippen LogP contribution in [-0.2, 0) is 9.59 Å². The maximum absolute atomic E-state index is 11.9. The van der Waals surface area contributed by atoms with Gasteiger partial charge in [0.05, 0.1) is 6.42 Å². The van der Waals surface area contributed by atoms with Crippen LogP contribution in [0.15, 0.2) is 0 Å². The average Bonchev–Trinajstić information content (AvgIpc) is 2.20. The summed E-state index contributed by atoms with van der Waals surface area (Å²) in [7, 11) is 0. The molecule has 1 fully saturated rings. The summed E-state index contributed by atoms with van der Waals surface area (Å²) in [4.78, 5) is 22.0. The second-order valence-corrected chi connectivity index (χ2v) is 4.97. The fourth-order valence-corrected chi connectivity index (χ4v) is 2.21. The molecule has 0 amide bonds. The Labute approximate surface area is 98.6 Å². The standard InChI is InChI=1S/C12H17F3O2/c1-8-2-4-9(5-3-8)6-10(16)7-11(17)12(13,14)15/h8-9H,2-7H2,1H3. The first-order valence-electron chi connectivity index (χ1n) is 5.90. The molecule has 1 aliphatic rings. The zero-order valence-electron chi connectivity index (χ0n) is 9.85. The van der Waals surface area contributed by atoms with Crippen LogP contribution in [0.3, 0.4) is 0 Å². The Morgan fingerprint density at radius 3 is 2.12 bits per heavy atom. The molecule has 98 valence electrons. The smallest absolute Gasteiger partial charge is 0.299 e. The monoisotopic (exact) mass is 250 g/mol. The van der Waals surface area contributed by atoms with E-state index in [2.05, 4.69) is 6.92 Å². The van der Waals surface area contributed by atoms with E-state index in [9.17, 15) is 22.8 Å². The van der Waals surface area contributed by atoms with Crippen molar-refractivity contribution < 1.29 is 22.8 Å². The Morgan fingerprint density at radius 1 is 1.12 bits per heavy atom. The molecule has 17 heavy (non-hydrogen) atoms. The van der Waals surface area contributed by atoms with Crippen molar-refractivity contribution in [1.82, 2.24) is 0 Å². The molecule has 5 heteroatoms. The molecule has 1 saturated carbocycles. The summed E-state index contributed by atoms with van der Waals surface area (Å²) in [5.41, 5.74) is 0. The maximum atomic E-state index is 11.9. The minimum atomic E-state index is -4.88. The van der Waals surface area contributed by atoms with Crippen molar-refractivity contribution in [2.45, 2.75) is 51.6 Å². The molecule has 0 aliphatic heterocycles. The minimum Gasteiger partial charge on any atom is -0.299 e. The Bertz CT molecular complexity index is 289. The molecule has 0 N–H and O–H groups in total. The van der Waals surface area contributed by atoms with Crippen molar-refractivity contribution in [2.24, 2.45) is 11.8 Å². The first-order chi connectivity index (χ1) is 7.79. The first-order valence-corrected chi connectivity index (χ1v) is 5.90. The van der Waals surface area contributed by atoms with Crippen molar-refractivity contribution in [3.8, 4) is 0 Å². The Balaban J connectivity index is 2.33. The molecule has 2 nitrogen and oxygen atoms in total. The number of alkyl halides is 3. The predicted octanol–water partition coefficient (Wildman–Crippen LogP) is 3.29. The van der Waals surface area contributed by atoms with Gasteiger partial charge in [-0.1, -0.05) is 19.8 Å². The van der Waals surface area contributed by atoms with Gasteiger partial charge in [0.25, 0.3) is 0 Å². The van der Waals surface area contributed by atoms with Crippen LogP contribution in [0.1, 0.15) is 45.4 Å². The lowest BCUT2D eigenvalue weighted by molar-refractivity contribution is -0.171. The minimum absolute atomic E-state index is 0.120. The molecule has 0 unspecified atom stereocenters. The predicted molar refractivity (Wildman–Crippen MR) is 56.4 cm³/mol. The third kappa shape index (κ3) is 4.88. The van der Waals surface area contributed by atoms with E-state index < -0.39 is 24.2 Å². The van der Waals surface area contributed by atoms with Gasteiger partial charge >= 0.3 is 6.18 Å². The normalized spacial score (nSPS) is 25.6. The summed E-state index contributed by atoms with van der Waals surface area (Å²) in [6.45, 7) is 2.13. The number of hydrogen-bond donors (Lipinski definition) is 0. The summed E-state index contributed by atoms with van der Waals surface area (Å²) in [5.74, 6) is -1.70. The van der Waals surface area contributed by atoms with E-state index in [0.29, 0.717) is 5.92 Å². The van der Waals surface area contributed by atoms with Gasteiger partial charge in [-0.2, -0.15) is 13.2 Å². The van der Waals surface area contributed by atoms with Crippen LogP contribution in [0.5, 0.6) is 0 Å². The molecular formula is C12H17F3O2. The van der Waals surface area contributed by atoms with Crippen LogP contribution in [-0.4, -0.2) is 17.7 Å². The molecule has 0 aromatic rings. The highest BCUT2D eigenvalue weighted by atomic mass is 19.4. The van der Waals surface area contributed by atoms with Crippen LogP contribution >= 0.6 is 0 Å². The van der Waals surface area contributed by atoms with Gasteiger partial charge in [-0.25, -0.2) is 0 Å². The molecule has 0 saturated heterocycles. The van der Waals surface area contributed by atoms with E-state index in [4.69, 9.17) is 0 Å². The van der Waals surface area contributed by atoms with Gasteiger partial charge in [0, 0.05) is 6.42 Å². The number of halogens is 3. The zero-order valence-corrected chi connectivity index (χ0v) is 9.85. The number of Topliss-reactive ketones (excluding diaryl/α,β-unsaturated/α-hetero) is 2. The molecule has 0 aromatic carbocycles. The van der Waals surface area contributed by atoms with Crippen molar-refractivity contribution >= 4 is 11.6 Å². The van der Waals surface area contributed by atoms with E-state index in [1.54, 1.807) is 0 Å². The van der Waals surface area contributed by atoms with E-state index in [1.807, 2.05) is 0 Å². The van der Waals surface area contributed by atoms with Gasteiger partial charge < -0.3 is 0 Å². The molecule has 1 rings (SSSR count). The van der Waals surface area contributed by atoms with Gasteiger partial charge in [-0.3, -0.25) is 9.59 Å². The largest absolute Gasteiger partial charge is 0.450 e. The highest BCUT2D eigenvalue weighted by Crippen LogP contribution is 2.31. The Hall–Kier alpha value is -0.870. The first kappa shape index (κ1) is 14.2. The molecule has 0 bridgehead atoms. The van der Waals surface area contributed by atoms with Crippen molar-refractivity contribution in [3.63, 3.8) is 0 Å². The number of ketones is 2. The lowest BCUT2D eigenvalue weighted by Gasteiger charge is -2.25. The Kier molecular flexibility index (Phi) is 4.71. The summed E-state index contributed by atoms with van der Waals surface area (Å²) < 4.78 is 35.8. The van der Waals surface area contributed by atoms with Gasteiger partial charge in [-0.05, 0) is 24.7 Å². The summed E-state index contributed by atoms with van der Waals surface area (Å²) in [6, 6.07) is 0. The van der Waals surface area contributed by atoms with Gasteiger partial charge in [0.2, 0.25) is 5.78 Å². The van der Waals surface area contributed by atoms with Crippen molar-refractivity contribution in [3.05, 3.63) is 0 Å². The fourth-order valence-electron chi connectivity index (χ4n) is 2.21. The zero-order chi connectivity index (χ0) is 13.1. The molecule has 0 spiro atoms. The maximum Gasteiger partial charge on any atom is 0.450 e. The van der Waals surface area contributed by atoms with E-state index in [0.717, 1.165) is 25.7 Å². The summed E-state index contributed by atoms with van der Waals surface area (Å²) >= 11 is 0. The van der Waals surface area contributed by atoms with E-state index in [1.165, 1.54) is 0 Å². The molecule has 0 heterocycles. The van der Waals surface area contributed by atoms with Crippen LogP contribution < -0.4 is 0 Å². The van der Waals surface area contributed by atoms with Gasteiger partial charge in [0.15, 0.2) is 0 Å². The van der Waals surface area contributed by atoms with Crippen LogP contribution in [0.2, 0.25) is 0 Å². The average molecular weight is 250 g/mol. The number of carbonyl (C=O) groups is 2. The highest BCUT2D eigenvalue weighted by Gasteiger charge is 2.39. The van der Waals surface area contributed by atoms with Crippen molar-refractivity contribution in [1.29, 1.82) is 0 Å². The molecule has 1 aliphatic carbocycles. The third-order valence-electron chi connectivity index (χ3n) is 3.33. The fraction of sp³-hybridized carbons (Fsp3) is 0.833. The molecule has 0 aromatic heterocycles. The van der Waals surface area contributed by atoms with Gasteiger partial charge in [0.1, 0.15) is 5.78 Å². The van der Waals surface area contributed by atoms with E-state index in [-0.39, 0.29) is 12.3 Å². The molecular weight excluding hydrogens is 233 g/mol. The summed E-state index contributed by atoms with van der Waals surface area (Å²) in [6.07, 6.45) is -1.95. The quantitative estimate of drug-likeness (QED) is 0.717. The topological polar surface area (TPSA) is 34.1 Å². The van der Waals surface area contributed by atoms with Crippen LogP contribution in [0, 0.1) is 11.8 Å². The van der Waals surface area contributed by atoms with Crippen LogP contribution in [0.25, 0.3) is 0 Å². The number of carbonyl (C=O) groups excluding carboxylic acids is 2. The summed E-state index contributed by atoms with van der Waals surface area (Å²) in [5, 5.41) is 0. The number of rotatable bonds is 4. The molecule has 0 atom stereocenters. The Morgan fingerprint density at radius 2 is 1.65 bits per heavy atom. The molecule has 0 radical (unpaired) electrons. The third-order valence-corrected chi connectivity index (χ3v) is 3.33. The SMILES string of the molecule is CC1CCC(CC(=O)CC(=O)C(F)(F)F)CC1. The van der Waals surface area contributed by atoms with E-state index >= 15 is 0 Å². The van der Waals surface area contributed by atoms with Crippen LogP contribution in [0.4, 0.5) is 13.2 Å². The highest BCUT2D eigenvalue weighted by molar-refractivity contribution is 6.01. The number of hydrogen-bond acceptors (Lipinski definition) is 2. The second kappa shape index (κ2) is 5.65. The second-order valence-electron chi connectivity index (χ2n) is 4.97. The lowest BCUT2D eigenvalue weighted by atomic mass is 9.80. The lowest BCUT2D eigenvalue weighted by Crippen LogP contribution is -2.26. The van der Waals surface area contributed by atoms with Crippen molar-refractivity contribution in [2.75, 3.05) is 0 Å². The van der Waals surface area contributed by atoms with Gasteiger partial charge in [-0.15, -0.1) is 0 Å².